The van der Waals surface area contributed by atoms with Gasteiger partial charge in [-0.15, -0.1) is 0 Å². The van der Waals surface area contributed by atoms with Gasteiger partial charge in [0, 0.05) is 13.5 Å². The minimum absolute atomic E-state index is 0.0425. The Bertz CT molecular complexity index is 1250. The number of hydrogen-bond acceptors (Lipinski definition) is 5. The number of nitrogens with zero attached hydrogens (tertiary/aromatic N) is 2. The minimum atomic E-state index is -0.929. The number of anilines is 1. The van der Waals surface area contributed by atoms with Crippen molar-refractivity contribution < 1.29 is 28.3 Å². The highest BCUT2D eigenvalue weighted by Gasteiger charge is 2.57. The highest BCUT2D eigenvalue weighted by Crippen LogP contribution is 2.60. The molecular weight excluding hydrogens is 487 g/mol. The van der Waals surface area contributed by atoms with Gasteiger partial charge in [-0.2, -0.15) is 0 Å². The Labute approximate surface area is 220 Å². The van der Waals surface area contributed by atoms with Crippen molar-refractivity contribution in [3.8, 4) is 5.75 Å². The highest BCUT2D eigenvalue weighted by molar-refractivity contribution is 6.23. The van der Waals surface area contributed by atoms with Gasteiger partial charge in [-0.3, -0.25) is 19.2 Å². The lowest BCUT2D eigenvalue weighted by Crippen LogP contribution is -2.57. The van der Waals surface area contributed by atoms with E-state index in [1.165, 1.54) is 50.5 Å². The lowest BCUT2D eigenvalue weighted by Gasteiger charge is -2.57. The van der Waals surface area contributed by atoms with E-state index in [1.807, 2.05) is 0 Å². The Morgan fingerprint density at radius 2 is 1.53 bits per heavy atom. The molecule has 1 unspecified atom stereocenters. The summed E-state index contributed by atoms with van der Waals surface area (Å²) in [6.45, 7) is 1.44. The van der Waals surface area contributed by atoms with Gasteiger partial charge in [0.15, 0.2) is 0 Å². The average molecular weight is 519 g/mol. The maximum atomic E-state index is 14.4. The Morgan fingerprint density at radius 1 is 0.947 bits per heavy atom. The van der Waals surface area contributed by atoms with Gasteiger partial charge >= 0.3 is 5.97 Å². The van der Waals surface area contributed by atoms with Gasteiger partial charge in [-0.25, -0.2) is 9.29 Å². The molecule has 5 fully saturated rings. The van der Waals surface area contributed by atoms with Crippen LogP contribution in [0.25, 0.3) is 0 Å². The van der Waals surface area contributed by atoms with Crippen LogP contribution in [0.5, 0.6) is 5.75 Å². The maximum absolute atomic E-state index is 14.4. The first-order valence-electron chi connectivity index (χ1n) is 13.4. The van der Waals surface area contributed by atoms with Gasteiger partial charge in [-0.05, 0) is 98.2 Å². The van der Waals surface area contributed by atoms with E-state index in [4.69, 9.17) is 4.74 Å². The summed E-state index contributed by atoms with van der Waals surface area (Å²) in [7, 11) is 0. The first-order chi connectivity index (χ1) is 18.2. The lowest BCUT2D eigenvalue weighted by molar-refractivity contribution is -0.162. The predicted octanol–water partition coefficient (Wildman–Crippen LogP) is 4.63. The van der Waals surface area contributed by atoms with Crippen LogP contribution in [0.1, 0.15) is 57.4 Å². The zero-order valence-electron chi connectivity index (χ0n) is 21.4. The Balaban J connectivity index is 1.31. The zero-order chi connectivity index (χ0) is 26.6. The molecule has 4 aliphatic carbocycles. The van der Waals surface area contributed by atoms with Crippen LogP contribution in [0.3, 0.4) is 0 Å². The lowest BCUT2D eigenvalue weighted by atomic mass is 9.49. The molecule has 1 atom stereocenters. The van der Waals surface area contributed by atoms with Crippen molar-refractivity contribution in [2.75, 3.05) is 4.90 Å². The van der Waals surface area contributed by atoms with E-state index >= 15 is 0 Å². The molecule has 5 aliphatic rings. The second kappa shape index (κ2) is 9.33. The van der Waals surface area contributed by atoms with Crippen molar-refractivity contribution in [1.29, 1.82) is 0 Å². The summed E-state index contributed by atoms with van der Waals surface area (Å²) < 4.78 is 18.7. The van der Waals surface area contributed by atoms with Crippen LogP contribution in [-0.4, -0.2) is 34.6 Å². The van der Waals surface area contributed by atoms with Gasteiger partial charge in [0.2, 0.25) is 11.8 Å². The summed E-state index contributed by atoms with van der Waals surface area (Å²) in [5.41, 5.74) is 0.591. The molecule has 3 amide bonds. The summed E-state index contributed by atoms with van der Waals surface area (Å²) in [5, 5.41) is 0. The van der Waals surface area contributed by atoms with Crippen molar-refractivity contribution in [2.45, 2.75) is 64.5 Å². The Morgan fingerprint density at radius 3 is 2.08 bits per heavy atom. The van der Waals surface area contributed by atoms with Crippen molar-refractivity contribution >= 4 is 29.4 Å². The molecule has 2 aromatic rings. The van der Waals surface area contributed by atoms with Crippen molar-refractivity contribution in [3.63, 3.8) is 0 Å². The highest BCUT2D eigenvalue weighted by atomic mass is 19.1. The molecule has 2 aromatic carbocycles. The topological polar surface area (TPSA) is 84.0 Å². The quantitative estimate of drug-likeness (QED) is 0.316. The number of carbonyl (C=O) groups is 4. The zero-order valence-corrected chi connectivity index (χ0v) is 21.4. The third-order valence-electron chi connectivity index (χ3n) is 8.87. The standard InChI is InChI=1S/C30H31FN2O5/c1-18(34)38-25-8-6-24(7-9-25)33-27(35)13-26(28(33)36)32(17-19-2-4-23(31)5-3-19)29(37)30-14-20-10-21(15-30)12-22(11-20)16-30/h2-9,20-22,26H,10-17H2,1H3. The monoisotopic (exact) mass is 518 g/mol. The smallest absolute Gasteiger partial charge is 0.308 e. The van der Waals surface area contributed by atoms with Crippen molar-refractivity contribution in [2.24, 2.45) is 23.2 Å². The molecule has 7 nitrogen and oxygen atoms in total. The van der Waals surface area contributed by atoms with E-state index in [9.17, 15) is 23.6 Å². The molecule has 7 rings (SSSR count). The fourth-order valence-electron chi connectivity index (χ4n) is 7.75. The van der Waals surface area contributed by atoms with E-state index in [0.29, 0.717) is 34.8 Å². The van der Waals surface area contributed by atoms with E-state index in [1.54, 1.807) is 29.2 Å². The SMILES string of the molecule is CC(=O)Oc1ccc(N2C(=O)CC(N(Cc3ccc(F)cc3)C(=O)C34CC5CC(CC(C5)C3)C4)C2=O)cc1. The second-order valence-corrected chi connectivity index (χ2v) is 11.6. The fraction of sp³-hybridized carbons (Fsp3) is 0.467. The second-order valence-electron chi connectivity index (χ2n) is 11.6. The number of halogens is 1. The molecule has 1 saturated heterocycles. The first kappa shape index (κ1) is 24.8. The summed E-state index contributed by atoms with van der Waals surface area (Å²) in [6, 6.07) is 11.2. The van der Waals surface area contributed by atoms with Gasteiger partial charge < -0.3 is 9.64 Å². The van der Waals surface area contributed by atoms with E-state index < -0.39 is 23.3 Å². The van der Waals surface area contributed by atoms with Crippen LogP contribution >= 0.6 is 0 Å². The van der Waals surface area contributed by atoms with Crippen LogP contribution in [-0.2, 0) is 25.7 Å². The van der Waals surface area contributed by atoms with Gasteiger partial charge in [0.05, 0.1) is 17.5 Å². The molecule has 0 aromatic heterocycles. The minimum Gasteiger partial charge on any atom is -0.427 e. The number of benzene rings is 2. The molecule has 0 spiro atoms. The molecular formula is C30H31FN2O5. The molecule has 4 bridgehead atoms. The van der Waals surface area contributed by atoms with E-state index in [-0.39, 0.29) is 30.6 Å². The van der Waals surface area contributed by atoms with Crippen molar-refractivity contribution in [3.05, 3.63) is 59.9 Å². The molecule has 1 aliphatic heterocycles. The molecule has 1 heterocycles. The van der Waals surface area contributed by atoms with Crippen LogP contribution in [0.15, 0.2) is 48.5 Å². The Hall–Kier alpha value is -3.55. The molecule has 8 heteroatoms. The fourth-order valence-corrected chi connectivity index (χ4v) is 7.75. The largest absolute Gasteiger partial charge is 0.427 e. The molecule has 0 N–H and O–H groups in total. The normalized spacial score (nSPS) is 29.6. The number of hydrogen-bond donors (Lipinski definition) is 0. The summed E-state index contributed by atoms with van der Waals surface area (Å²) in [6.07, 6.45) is 5.97. The average Bonchev–Trinajstić information content (AvgIpc) is 3.16. The van der Waals surface area contributed by atoms with Crippen LogP contribution < -0.4 is 9.64 Å². The molecule has 4 saturated carbocycles. The Kier molecular flexibility index (Phi) is 6.08. The molecule has 0 radical (unpaired) electrons. The summed E-state index contributed by atoms with van der Waals surface area (Å²) >= 11 is 0. The number of carbonyl (C=O) groups excluding carboxylic acids is 4. The first-order valence-corrected chi connectivity index (χ1v) is 13.4. The number of ether oxygens (including phenoxy) is 1. The number of imide groups is 1. The van der Waals surface area contributed by atoms with Gasteiger partial charge in [-0.1, -0.05) is 12.1 Å². The third kappa shape index (κ3) is 4.40. The van der Waals surface area contributed by atoms with Crippen LogP contribution in [0.2, 0.25) is 0 Å². The van der Waals surface area contributed by atoms with Crippen LogP contribution in [0, 0.1) is 29.0 Å². The van der Waals surface area contributed by atoms with Gasteiger partial charge in [0.1, 0.15) is 17.6 Å². The number of esters is 1. The van der Waals surface area contributed by atoms with E-state index in [0.717, 1.165) is 24.2 Å². The molecule has 38 heavy (non-hydrogen) atoms. The predicted molar refractivity (Wildman–Crippen MR) is 136 cm³/mol. The number of rotatable bonds is 6. The third-order valence-corrected chi connectivity index (χ3v) is 8.87. The summed E-state index contributed by atoms with van der Waals surface area (Å²) in [4.78, 5) is 55.3. The van der Waals surface area contributed by atoms with E-state index in [2.05, 4.69) is 0 Å². The van der Waals surface area contributed by atoms with Crippen LogP contribution in [0.4, 0.5) is 10.1 Å². The van der Waals surface area contributed by atoms with Gasteiger partial charge in [0.25, 0.3) is 5.91 Å². The summed E-state index contributed by atoms with van der Waals surface area (Å²) in [5.74, 6) is 0.237. The molecule has 198 valence electrons. The maximum Gasteiger partial charge on any atom is 0.308 e. The number of amides is 3. The van der Waals surface area contributed by atoms with Crippen molar-refractivity contribution in [1.82, 2.24) is 4.90 Å².